The summed E-state index contributed by atoms with van der Waals surface area (Å²) in [6.45, 7) is 2.29. The molecule has 0 atom stereocenters. The molecule has 0 aliphatic carbocycles. The first-order valence-corrected chi connectivity index (χ1v) is 10.3. The van der Waals surface area contributed by atoms with Crippen LogP contribution < -0.4 is 4.74 Å². The summed E-state index contributed by atoms with van der Waals surface area (Å²) in [6, 6.07) is 7.04. The van der Waals surface area contributed by atoms with Crippen LogP contribution in [-0.4, -0.2) is 6.61 Å². The molecule has 0 bridgehead atoms. The Morgan fingerprint density at radius 3 is 2.83 bits per heavy atom. The molecule has 62 valence electrons. The fourth-order valence-corrected chi connectivity index (χ4v) is 0.662. The van der Waals surface area contributed by atoms with Gasteiger partial charge in [0.05, 0.1) is 12.4 Å². The molecule has 0 aliphatic heterocycles. The first kappa shape index (κ1) is 12.1. The van der Waals surface area contributed by atoms with Gasteiger partial charge in [0.25, 0.3) is 0 Å². The molecule has 4 heteroatoms. The molecule has 0 amide bonds. The van der Waals surface area contributed by atoms with Crippen LogP contribution in [-0.2, 0) is 16.3 Å². The van der Waals surface area contributed by atoms with Crippen LogP contribution in [0.4, 0.5) is 4.39 Å². The van der Waals surface area contributed by atoms with Crippen LogP contribution in [0.25, 0.3) is 0 Å². The molecule has 0 radical (unpaired) electrons. The fourth-order valence-electron chi connectivity index (χ4n) is 0.662. The van der Waals surface area contributed by atoms with Gasteiger partial charge in [0.2, 0.25) is 0 Å². The zero-order valence-electron chi connectivity index (χ0n) is 6.81. The van der Waals surface area contributed by atoms with Gasteiger partial charge in [-0.2, -0.15) is 12.1 Å². The van der Waals surface area contributed by atoms with Gasteiger partial charge in [-0.15, -0.1) is 12.1 Å². The van der Waals surface area contributed by atoms with E-state index in [1.807, 2.05) is 6.92 Å². The van der Waals surface area contributed by atoms with Crippen molar-refractivity contribution >= 4 is 13.6 Å². The first-order chi connectivity index (χ1) is 5.84. The third-order valence-corrected chi connectivity index (χ3v) is 1.08. The molecule has 0 unspecified atom stereocenters. The van der Waals surface area contributed by atoms with E-state index in [0.29, 0.717) is 6.61 Å². The van der Waals surface area contributed by atoms with Crippen LogP contribution >= 0.6 is 13.6 Å². The van der Waals surface area contributed by atoms with E-state index < -0.39 is 0 Å². The Balaban J connectivity index is 0.000000561. The number of benzene rings is 1. The molecule has 12 heavy (non-hydrogen) atoms. The van der Waals surface area contributed by atoms with E-state index in [-0.39, 0.29) is 11.6 Å². The molecule has 1 rings (SSSR count). The van der Waals surface area contributed by atoms with Gasteiger partial charge in [-0.25, -0.2) is 4.39 Å². The van der Waals surface area contributed by atoms with Crippen LogP contribution in [0.15, 0.2) is 18.2 Å². The maximum absolute atomic E-state index is 12.6. The Bertz CT molecular complexity index is 220. The average molecular weight is 284 g/mol. The second kappa shape index (κ2) is 7.69. The molecule has 0 spiro atoms. The quantitative estimate of drug-likeness (QED) is 0.599. The van der Waals surface area contributed by atoms with Crippen molar-refractivity contribution in [1.29, 1.82) is 0 Å². The van der Waals surface area contributed by atoms with E-state index in [9.17, 15) is 4.39 Å². The summed E-state index contributed by atoms with van der Waals surface area (Å²) in [7, 11) is 0. The summed E-state index contributed by atoms with van der Waals surface area (Å²) in [4.78, 5) is 0. The Morgan fingerprint density at radius 2 is 2.33 bits per heavy atom. The van der Waals surface area contributed by atoms with E-state index in [2.05, 4.69) is 19.7 Å². The first-order valence-electron chi connectivity index (χ1n) is 3.39. The van der Waals surface area contributed by atoms with Crippen LogP contribution in [0.5, 0.6) is 5.75 Å². The van der Waals surface area contributed by atoms with Crippen LogP contribution in [0.2, 0.25) is 0 Å². The number of hydrogen-bond donors (Lipinski definition) is 0. The van der Waals surface area contributed by atoms with Crippen LogP contribution in [0, 0.1) is 11.9 Å². The number of halogens is 2. The van der Waals surface area contributed by atoms with Crippen molar-refractivity contribution in [2.45, 2.75) is 6.92 Å². The standard InChI is InChI=1S/C8H8FO.BrH.Zn/c1-2-10-8-6-4-3-5-7(8)9;;/h3,5-6H,2H2,1H3;1H;/q-1;;+2/p-1. The van der Waals surface area contributed by atoms with E-state index in [1.54, 1.807) is 0 Å². The molecule has 0 fully saturated rings. The molecule has 1 aromatic rings. The minimum atomic E-state index is -0.333. The molecule has 0 saturated carbocycles. The summed E-state index contributed by atoms with van der Waals surface area (Å²) in [5.74, 6) is -0.0643. The van der Waals surface area contributed by atoms with Gasteiger partial charge < -0.3 is 4.74 Å². The van der Waals surface area contributed by atoms with Crippen molar-refractivity contribution in [3.63, 3.8) is 0 Å². The zero-order valence-corrected chi connectivity index (χ0v) is 11.4. The Hall–Kier alpha value is 0.0534. The average Bonchev–Trinajstić information content (AvgIpc) is 2.13. The SMILES string of the molecule is CCOc1c[c-]ccc1F.[Zn+][Br]. The van der Waals surface area contributed by atoms with Gasteiger partial charge in [-0.05, 0) is 6.92 Å². The molecule has 1 aromatic carbocycles. The molecule has 0 N–H and O–H groups in total. The van der Waals surface area contributed by atoms with Gasteiger partial charge in [-0.1, -0.05) is 0 Å². The van der Waals surface area contributed by atoms with Gasteiger partial charge in [0, 0.05) is 5.75 Å². The van der Waals surface area contributed by atoms with E-state index in [0.717, 1.165) is 0 Å². The monoisotopic (exact) mass is 282 g/mol. The van der Waals surface area contributed by atoms with Crippen LogP contribution in [0.1, 0.15) is 6.92 Å². The molecular formula is C8H8BrFOZn. The van der Waals surface area contributed by atoms with Crippen molar-refractivity contribution in [1.82, 2.24) is 0 Å². The molecule has 0 heterocycles. The maximum atomic E-state index is 12.6. The van der Waals surface area contributed by atoms with E-state index >= 15 is 0 Å². The summed E-state index contributed by atoms with van der Waals surface area (Å²) in [5.41, 5.74) is 0. The third kappa shape index (κ3) is 4.17. The normalized spacial score (nSPS) is 8.42. The molecule has 1 nitrogen and oxygen atoms in total. The fraction of sp³-hybridized carbons (Fsp3) is 0.250. The van der Waals surface area contributed by atoms with Crippen molar-refractivity contribution in [3.8, 4) is 5.75 Å². The van der Waals surface area contributed by atoms with E-state index in [1.165, 1.54) is 34.5 Å². The molecule has 0 aliphatic rings. The van der Waals surface area contributed by atoms with Gasteiger partial charge >= 0.3 is 30.0 Å². The van der Waals surface area contributed by atoms with Crippen molar-refractivity contribution in [2.24, 2.45) is 0 Å². The van der Waals surface area contributed by atoms with E-state index in [4.69, 9.17) is 4.74 Å². The van der Waals surface area contributed by atoms with Crippen LogP contribution in [0.3, 0.4) is 0 Å². The van der Waals surface area contributed by atoms with Crippen molar-refractivity contribution in [2.75, 3.05) is 6.61 Å². The topological polar surface area (TPSA) is 9.23 Å². The molecule has 0 saturated heterocycles. The number of rotatable bonds is 2. The third-order valence-electron chi connectivity index (χ3n) is 1.08. The summed E-state index contributed by atoms with van der Waals surface area (Å²) < 4.78 is 17.6. The predicted molar refractivity (Wildman–Crippen MR) is 45.3 cm³/mol. The Labute approximate surface area is 88.3 Å². The molecular weight excluding hydrogens is 276 g/mol. The zero-order chi connectivity index (χ0) is 9.40. The Morgan fingerprint density at radius 1 is 1.67 bits per heavy atom. The predicted octanol–water partition coefficient (Wildman–Crippen LogP) is 2.87. The van der Waals surface area contributed by atoms with Crippen molar-refractivity contribution in [3.05, 3.63) is 30.1 Å². The Kier molecular flexibility index (Phi) is 7.72. The molecule has 0 aromatic heterocycles. The second-order valence-corrected chi connectivity index (χ2v) is 1.79. The minimum absolute atomic E-state index is 0.269. The van der Waals surface area contributed by atoms with Gasteiger partial charge in [0.15, 0.2) is 0 Å². The van der Waals surface area contributed by atoms with Gasteiger partial charge in [0.1, 0.15) is 0 Å². The number of hydrogen-bond acceptors (Lipinski definition) is 1. The van der Waals surface area contributed by atoms with Crippen molar-refractivity contribution < 1.29 is 25.5 Å². The second-order valence-electron chi connectivity index (χ2n) is 1.79. The van der Waals surface area contributed by atoms with Gasteiger partial charge in [-0.3, -0.25) is 0 Å². The number of ether oxygens (including phenoxy) is 1. The summed E-state index contributed by atoms with van der Waals surface area (Å²) in [6.07, 6.45) is 0. The summed E-state index contributed by atoms with van der Waals surface area (Å²) in [5, 5.41) is 0. The summed E-state index contributed by atoms with van der Waals surface area (Å²) >= 11 is 4.25.